The number of rotatable bonds is 9. The number of azo groups is 1. The molecule has 0 spiro atoms. The van der Waals surface area contributed by atoms with Gasteiger partial charge in [-0.2, -0.15) is 5.11 Å². The summed E-state index contributed by atoms with van der Waals surface area (Å²) >= 11 is 1.32. The van der Waals surface area contributed by atoms with Gasteiger partial charge in [0.2, 0.25) is 0 Å². The second-order valence-electron chi connectivity index (χ2n) is 7.30. The largest absolute Gasteiger partial charge is 0.459 e. The Kier molecular flexibility index (Phi) is 9.58. The Balaban J connectivity index is 1.87. The lowest BCUT2D eigenvalue weighted by molar-refractivity contribution is -0.152. The van der Waals surface area contributed by atoms with Crippen LogP contribution < -0.4 is 10.6 Å². The first-order valence-corrected chi connectivity index (χ1v) is 12.2. The normalized spacial score (nSPS) is 14.2. The van der Waals surface area contributed by atoms with Gasteiger partial charge in [-0.1, -0.05) is 36.4 Å². The Morgan fingerprint density at radius 3 is 2.52 bits per heavy atom. The maximum Gasteiger partial charge on any atom is 0.397 e. The van der Waals surface area contributed by atoms with Crippen molar-refractivity contribution in [3.8, 4) is 0 Å². The molecular weight excluding hydrogens is 442 g/mol. The fourth-order valence-electron chi connectivity index (χ4n) is 3.30. The maximum absolute atomic E-state index is 12.3. The summed E-state index contributed by atoms with van der Waals surface area (Å²) in [7, 11) is 0. The molecule has 1 aromatic heterocycles. The van der Waals surface area contributed by atoms with Crippen LogP contribution in [0.1, 0.15) is 26.2 Å². The standard InChI is InChI=1S/C22H29N7O3S/c1-3-32-21(31)20(30)24-19-17(28-27-16-10-6-4-7-11-16)18(25-22(26-19)33-2)23-12-15-29-13-8-5-9-14-29/h4,6-7,10-11H,3,5,8-9,12-15H2,1-2H3,(H2,23,24,25,26,30)/b28-27+. The zero-order valence-corrected chi connectivity index (χ0v) is 19.7. The zero-order chi connectivity index (χ0) is 23.5. The third-order valence-electron chi connectivity index (χ3n) is 4.93. The number of amides is 1. The molecule has 0 aliphatic carbocycles. The van der Waals surface area contributed by atoms with E-state index in [1.807, 2.05) is 24.5 Å². The number of esters is 1. The molecule has 176 valence electrons. The average Bonchev–Trinajstić information content (AvgIpc) is 2.84. The molecule has 0 bridgehead atoms. The van der Waals surface area contributed by atoms with E-state index in [0.717, 1.165) is 19.6 Å². The van der Waals surface area contributed by atoms with E-state index in [2.05, 4.69) is 35.7 Å². The number of likely N-dealkylation sites (tertiary alicyclic amines) is 1. The summed E-state index contributed by atoms with van der Waals surface area (Å²) in [5.41, 5.74) is 0.876. The lowest BCUT2D eigenvalue weighted by atomic mass is 10.1. The molecule has 11 heteroatoms. The molecule has 2 N–H and O–H groups in total. The molecule has 10 nitrogen and oxygen atoms in total. The SMILES string of the molecule is CCOC(=O)C(=O)Nc1nc(SC)nc(NCCN2CCCCC2)c1/N=N/c1ccccc1. The Morgan fingerprint density at radius 2 is 1.82 bits per heavy atom. The van der Waals surface area contributed by atoms with E-state index in [0.29, 0.717) is 23.2 Å². The number of thioether (sulfide) groups is 1. The van der Waals surface area contributed by atoms with Gasteiger partial charge in [0.1, 0.15) is 0 Å². The molecule has 0 radical (unpaired) electrons. The second kappa shape index (κ2) is 12.9. The van der Waals surface area contributed by atoms with Gasteiger partial charge in [0.15, 0.2) is 22.5 Å². The van der Waals surface area contributed by atoms with Gasteiger partial charge in [0.25, 0.3) is 0 Å². The van der Waals surface area contributed by atoms with E-state index in [1.165, 1.54) is 31.0 Å². The number of piperidine rings is 1. The summed E-state index contributed by atoms with van der Waals surface area (Å²) in [5, 5.41) is 14.8. The first-order chi connectivity index (χ1) is 16.1. The van der Waals surface area contributed by atoms with Crippen molar-refractivity contribution in [2.45, 2.75) is 31.3 Å². The van der Waals surface area contributed by atoms with E-state index in [1.54, 1.807) is 19.1 Å². The first kappa shape index (κ1) is 24.6. The Hall–Kier alpha value is -3.05. The predicted molar refractivity (Wildman–Crippen MR) is 128 cm³/mol. The van der Waals surface area contributed by atoms with Crippen LogP contribution in [0.5, 0.6) is 0 Å². The Bertz CT molecular complexity index is 966. The quantitative estimate of drug-likeness (QED) is 0.185. The van der Waals surface area contributed by atoms with Gasteiger partial charge in [-0.15, -0.1) is 5.11 Å². The minimum Gasteiger partial charge on any atom is -0.459 e. The molecule has 1 amide bonds. The van der Waals surface area contributed by atoms with E-state index < -0.39 is 11.9 Å². The molecule has 1 aliphatic rings. The topological polar surface area (TPSA) is 121 Å². The van der Waals surface area contributed by atoms with E-state index in [4.69, 9.17) is 4.74 Å². The summed E-state index contributed by atoms with van der Waals surface area (Å²) in [5.74, 6) is -1.40. The summed E-state index contributed by atoms with van der Waals surface area (Å²) in [4.78, 5) is 35.5. The highest BCUT2D eigenvalue weighted by Gasteiger charge is 2.21. The average molecular weight is 472 g/mol. The number of hydrogen-bond acceptors (Lipinski definition) is 10. The smallest absolute Gasteiger partial charge is 0.397 e. The third-order valence-corrected chi connectivity index (χ3v) is 5.48. The van der Waals surface area contributed by atoms with Gasteiger partial charge >= 0.3 is 11.9 Å². The lowest BCUT2D eigenvalue weighted by Gasteiger charge is -2.26. The number of benzene rings is 1. The molecule has 0 saturated carbocycles. The van der Waals surface area contributed by atoms with Crippen molar-refractivity contribution < 1.29 is 14.3 Å². The van der Waals surface area contributed by atoms with Gasteiger partial charge in [-0.3, -0.25) is 10.1 Å². The Morgan fingerprint density at radius 1 is 1.09 bits per heavy atom. The van der Waals surface area contributed by atoms with Gasteiger partial charge in [-0.05, 0) is 51.2 Å². The van der Waals surface area contributed by atoms with E-state index >= 15 is 0 Å². The van der Waals surface area contributed by atoms with Crippen molar-refractivity contribution in [2.75, 3.05) is 49.7 Å². The van der Waals surface area contributed by atoms with Crippen LogP contribution in [0.4, 0.5) is 23.0 Å². The molecular formula is C22H29N7O3S. The van der Waals surface area contributed by atoms with Crippen LogP contribution in [-0.2, 0) is 14.3 Å². The number of nitrogens with one attached hydrogen (secondary N) is 2. The fourth-order valence-corrected chi connectivity index (χ4v) is 3.67. The molecule has 33 heavy (non-hydrogen) atoms. The molecule has 1 aromatic carbocycles. The van der Waals surface area contributed by atoms with Gasteiger partial charge < -0.3 is 15.0 Å². The van der Waals surface area contributed by atoms with Crippen molar-refractivity contribution in [2.24, 2.45) is 10.2 Å². The molecule has 0 atom stereocenters. The highest BCUT2D eigenvalue weighted by atomic mass is 32.2. The number of anilines is 2. The first-order valence-electron chi connectivity index (χ1n) is 11.0. The molecule has 3 rings (SSSR count). The molecule has 1 fully saturated rings. The van der Waals surface area contributed by atoms with Crippen molar-refractivity contribution in [1.82, 2.24) is 14.9 Å². The van der Waals surface area contributed by atoms with Crippen molar-refractivity contribution >= 4 is 46.6 Å². The third kappa shape index (κ3) is 7.50. The van der Waals surface area contributed by atoms with Gasteiger partial charge in [-0.25, -0.2) is 14.8 Å². The summed E-state index contributed by atoms with van der Waals surface area (Å²) in [6, 6.07) is 9.20. The summed E-state index contributed by atoms with van der Waals surface area (Å²) in [6.07, 6.45) is 5.53. The van der Waals surface area contributed by atoms with Crippen LogP contribution in [0.25, 0.3) is 0 Å². The highest BCUT2D eigenvalue weighted by Crippen LogP contribution is 2.34. The second-order valence-corrected chi connectivity index (χ2v) is 8.07. The van der Waals surface area contributed by atoms with E-state index in [-0.39, 0.29) is 18.1 Å². The molecule has 0 unspecified atom stereocenters. The number of ether oxygens (including phenoxy) is 1. The highest BCUT2D eigenvalue weighted by molar-refractivity contribution is 7.98. The van der Waals surface area contributed by atoms with Gasteiger partial charge in [0, 0.05) is 13.1 Å². The lowest BCUT2D eigenvalue weighted by Crippen LogP contribution is -2.33. The van der Waals surface area contributed by atoms with Gasteiger partial charge in [0.05, 0.1) is 12.3 Å². The number of aromatic nitrogens is 2. The summed E-state index contributed by atoms with van der Waals surface area (Å²) < 4.78 is 4.79. The van der Waals surface area contributed by atoms with Crippen LogP contribution >= 0.6 is 11.8 Å². The zero-order valence-electron chi connectivity index (χ0n) is 18.9. The number of hydrogen-bond donors (Lipinski definition) is 2. The summed E-state index contributed by atoms with van der Waals surface area (Å²) in [6.45, 7) is 5.40. The van der Waals surface area contributed by atoms with Crippen molar-refractivity contribution in [1.29, 1.82) is 0 Å². The molecule has 2 aromatic rings. The minimum absolute atomic E-state index is 0.0903. The Labute approximate surface area is 197 Å². The van der Waals surface area contributed by atoms with Crippen LogP contribution in [-0.4, -0.2) is 65.8 Å². The van der Waals surface area contributed by atoms with Crippen molar-refractivity contribution in [3.05, 3.63) is 30.3 Å². The monoisotopic (exact) mass is 471 g/mol. The molecule has 1 saturated heterocycles. The predicted octanol–water partition coefficient (Wildman–Crippen LogP) is 4.01. The number of nitrogens with zero attached hydrogens (tertiary/aromatic N) is 5. The number of carbonyl (C=O) groups excluding carboxylic acids is 2. The maximum atomic E-state index is 12.3. The van der Waals surface area contributed by atoms with Crippen LogP contribution in [0.3, 0.4) is 0 Å². The van der Waals surface area contributed by atoms with Crippen LogP contribution in [0.15, 0.2) is 45.7 Å². The minimum atomic E-state index is -0.993. The fraction of sp³-hybridized carbons (Fsp3) is 0.455. The molecule has 2 heterocycles. The van der Waals surface area contributed by atoms with E-state index in [9.17, 15) is 9.59 Å². The number of carbonyl (C=O) groups is 2. The van der Waals surface area contributed by atoms with Crippen LogP contribution in [0.2, 0.25) is 0 Å². The van der Waals surface area contributed by atoms with Crippen molar-refractivity contribution in [3.63, 3.8) is 0 Å². The van der Waals surface area contributed by atoms with Crippen LogP contribution in [0, 0.1) is 0 Å². The molecule has 1 aliphatic heterocycles.